The molecule has 8 nitrogen and oxygen atoms in total. The number of aryl methyl sites for hydroxylation is 2. The first-order chi connectivity index (χ1) is 11.7. The third-order valence-corrected chi connectivity index (χ3v) is 4.69. The normalized spacial score (nSPS) is 11.7. The number of carbonyl (C=O) groups excluding carboxylic acids is 1. The zero-order valence-electron chi connectivity index (χ0n) is 14.4. The highest BCUT2D eigenvalue weighted by Crippen LogP contribution is 2.16. The topological polar surface area (TPSA) is 119 Å². The van der Waals surface area contributed by atoms with Crippen LogP contribution in [0.3, 0.4) is 0 Å². The molecule has 1 amide bonds. The van der Waals surface area contributed by atoms with E-state index in [4.69, 9.17) is 9.66 Å². The predicted octanol–water partition coefficient (Wildman–Crippen LogP) is 1.40. The number of rotatable bonds is 7. The van der Waals surface area contributed by atoms with Gasteiger partial charge in [0.15, 0.2) is 0 Å². The standard InChI is InChI=1S/C16H22N4O4S/c1-11-15(12(2)24-19-11)10-20(3)8-7-16(21)18-13-5-4-6-14(9-13)25(17,22)23/h4-6,9H,7-8,10H2,1-3H3,(H,18,21)(H2,17,22,23). The average molecular weight is 366 g/mol. The average Bonchev–Trinajstić information content (AvgIpc) is 2.84. The van der Waals surface area contributed by atoms with Gasteiger partial charge in [-0.15, -0.1) is 0 Å². The molecule has 0 bridgehead atoms. The lowest BCUT2D eigenvalue weighted by atomic mass is 10.2. The van der Waals surface area contributed by atoms with Crippen LogP contribution in [0.1, 0.15) is 23.4 Å². The van der Waals surface area contributed by atoms with Crippen molar-refractivity contribution >= 4 is 21.6 Å². The van der Waals surface area contributed by atoms with Crippen LogP contribution in [0.25, 0.3) is 0 Å². The summed E-state index contributed by atoms with van der Waals surface area (Å²) >= 11 is 0. The van der Waals surface area contributed by atoms with Crippen molar-refractivity contribution in [1.82, 2.24) is 10.1 Å². The van der Waals surface area contributed by atoms with Crippen LogP contribution < -0.4 is 10.5 Å². The van der Waals surface area contributed by atoms with E-state index < -0.39 is 10.0 Å². The minimum Gasteiger partial charge on any atom is -0.361 e. The molecular weight excluding hydrogens is 344 g/mol. The maximum absolute atomic E-state index is 12.1. The Bertz CT molecular complexity index is 841. The highest BCUT2D eigenvalue weighted by molar-refractivity contribution is 7.89. The Morgan fingerprint density at radius 1 is 1.36 bits per heavy atom. The number of carbonyl (C=O) groups is 1. The van der Waals surface area contributed by atoms with Crippen molar-refractivity contribution in [2.24, 2.45) is 5.14 Å². The van der Waals surface area contributed by atoms with Crippen molar-refractivity contribution < 1.29 is 17.7 Å². The molecule has 25 heavy (non-hydrogen) atoms. The van der Waals surface area contributed by atoms with E-state index in [0.717, 1.165) is 17.0 Å². The SMILES string of the molecule is Cc1noc(C)c1CN(C)CCC(=O)Nc1cccc(S(N)(=O)=O)c1. The number of nitrogens with two attached hydrogens (primary N) is 1. The fourth-order valence-corrected chi connectivity index (χ4v) is 2.90. The minimum absolute atomic E-state index is 0.0409. The van der Waals surface area contributed by atoms with Gasteiger partial charge in [-0.1, -0.05) is 11.2 Å². The van der Waals surface area contributed by atoms with E-state index in [1.54, 1.807) is 6.07 Å². The summed E-state index contributed by atoms with van der Waals surface area (Å²) < 4.78 is 27.8. The van der Waals surface area contributed by atoms with Crippen molar-refractivity contribution in [3.8, 4) is 0 Å². The molecule has 0 atom stereocenters. The van der Waals surface area contributed by atoms with E-state index >= 15 is 0 Å². The van der Waals surface area contributed by atoms with Gasteiger partial charge < -0.3 is 14.7 Å². The summed E-state index contributed by atoms with van der Waals surface area (Å²) in [6.45, 7) is 4.90. The van der Waals surface area contributed by atoms with E-state index in [1.807, 2.05) is 25.8 Å². The lowest BCUT2D eigenvalue weighted by Crippen LogP contribution is -2.24. The smallest absolute Gasteiger partial charge is 0.238 e. The predicted molar refractivity (Wildman–Crippen MR) is 93.4 cm³/mol. The summed E-state index contributed by atoms with van der Waals surface area (Å²) in [6.07, 6.45) is 0.263. The van der Waals surface area contributed by atoms with E-state index in [0.29, 0.717) is 18.8 Å². The Morgan fingerprint density at radius 2 is 2.08 bits per heavy atom. The molecule has 2 aromatic rings. The number of aromatic nitrogens is 1. The number of hydrogen-bond donors (Lipinski definition) is 2. The van der Waals surface area contributed by atoms with Gasteiger partial charge in [-0.25, -0.2) is 13.6 Å². The molecule has 0 saturated carbocycles. The van der Waals surface area contributed by atoms with Crippen LogP contribution in [0, 0.1) is 13.8 Å². The highest BCUT2D eigenvalue weighted by atomic mass is 32.2. The molecule has 0 aliphatic carbocycles. The molecule has 0 radical (unpaired) electrons. The van der Waals surface area contributed by atoms with E-state index in [9.17, 15) is 13.2 Å². The summed E-state index contributed by atoms with van der Waals surface area (Å²) in [4.78, 5) is 14.0. The lowest BCUT2D eigenvalue weighted by molar-refractivity contribution is -0.116. The Labute approximate surface area is 147 Å². The van der Waals surface area contributed by atoms with Crippen LogP contribution in [0.4, 0.5) is 5.69 Å². The van der Waals surface area contributed by atoms with E-state index in [2.05, 4.69) is 10.5 Å². The zero-order chi connectivity index (χ0) is 18.6. The molecule has 0 unspecified atom stereocenters. The Balaban J connectivity index is 1.88. The van der Waals surface area contributed by atoms with Crippen LogP contribution in [-0.4, -0.2) is 38.0 Å². The molecule has 2 rings (SSSR count). The second kappa shape index (κ2) is 7.77. The molecule has 0 aliphatic heterocycles. The fraction of sp³-hybridized carbons (Fsp3) is 0.375. The lowest BCUT2D eigenvalue weighted by Gasteiger charge is -2.16. The van der Waals surface area contributed by atoms with Gasteiger partial charge >= 0.3 is 0 Å². The Hall–Kier alpha value is -2.23. The molecule has 3 N–H and O–H groups in total. The molecule has 0 saturated heterocycles. The summed E-state index contributed by atoms with van der Waals surface area (Å²) in [5.41, 5.74) is 2.25. The largest absolute Gasteiger partial charge is 0.361 e. The Morgan fingerprint density at radius 3 is 2.68 bits per heavy atom. The molecule has 0 aliphatic rings. The number of nitrogens with zero attached hydrogens (tertiary/aromatic N) is 2. The third kappa shape index (κ3) is 5.38. The first kappa shape index (κ1) is 19.1. The van der Waals surface area contributed by atoms with E-state index in [1.165, 1.54) is 18.2 Å². The maximum Gasteiger partial charge on any atom is 0.238 e. The van der Waals surface area contributed by atoms with Crippen molar-refractivity contribution in [1.29, 1.82) is 0 Å². The van der Waals surface area contributed by atoms with Gasteiger partial charge in [0.2, 0.25) is 15.9 Å². The number of primary sulfonamides is 1. The van der Waals surface area contributed by atoms with Gasteiger partial charge in [0, 0.05) is 30.8 Å². The summed E-state index contributed by atoms with van der Waals surface area (Å²) in [5.74, 6) is 0.561. The second-order valence-electron chi connectivity index (χ2n) is 5.91. The summed E-state index contributed by atoms with van der Waals surface area (Å²) in [5, 5.41) is 11.7. The monoisotopic (exact) mass is 366 g/mol. The van der Waals surface area contributed by atoms with Crippen LogP contribution in [-0.2, 0) is 21.4 Å². The number of anilines is 1. The van der Waals surface area contributed by atoms with Crippen LogP contribution in [0.2, 0.25) is 0 Å². The number of hydrogen-bond acceptors (Lipinski definition) is 6. The number of sulfonamides is 1. The first-order valence-electron chi connectivity index (χ1n) is 7.70. The minimum atomic E-state index is -3.80. The molecule has 1 heterocycles. The maximum atomic E-state index is 12.1. The van der Waals surface area contributed by atoms with Gasteiger partial charge in [0.25, 0.3) is 0 Å². The second-order valence-corrected chi connectivity index (χ2v) is 7.47. The zero-order valence-corrected chi connectivity index (χ0v) is 15.3. The molecule has 0 fully saturated rings. The van der Waals surface area contributed by atoms with Crippen molar-refractivity contribution in [3.05, 3.63) is 41.3 Å². The van der Waals surface area contributed by atoms with E-state index in [-0.39, 0.29) is 17.2 Å². The van der Waals surface area contributed by atoms with Gasteiger partial charge in [-0.2, -0.15) is 0 Å². The van der Waals surface area contributed by atoms with Crippen molar-refractivity contribution in [3.63, 3.8) is 0 Å². The van der Waals surface area contributed by atoms with Crippen LogP contribution in [0.15, 0.2) is 33.7 Å². The summed E-state index contributed by atoms with van der Waals surface area (Å²) in [7, 11) is -1.89. The fourth-order valence-electron chi connectivity index (χ4n) is 2.34. The quantitative estimate of drug-likeness (QED) is 0.764. The molecule has 0 spiro atoms. The molecule has 1 aromatic carbocycles. The Kier molecular flexibility index (Phi) is 5.93. The molecule has 136 valence electrons. The van der Waals surface area contributed by atoms with Gasteiger partial charge in [-0.3, -0.25) is 4.79 Å². The van der Waals surface area contributed by atoms with Gasteiger partial charge in [0.05, 0.1) is 10.6 Å². The highest BCUT2D eigenvalue weighted by Gasteiger charge is 2.13. The third-order valence-electron chi connectivity index (χ3n) is 3.78. The molecular formula is C16H22N4O4S. The summed E-state index contributed by atoms with van der Waals surface area (Å²) in [6, 6.07) is 5.85. The number of nitrogens with one attached hydrogen (secondary N) is 1. The van der Waals surface area contributed by atoms with Crippen molar-refractivity contribution in [2.45, 2.75) is 31.7 Å². The molecule has 1 aromatic heterocycles. The molecule has 9 heteroatoms. The number of benzene rings is 1. The van der Waals surface area contributed by atoms with Crippen LogP contribution in [0.5, 0.6) is 0 Å². The van der Waals surface area contributed by atoms with Gasteiger partial charge in [0.1, 0.15) is 5.76 Å². The van der Waals surface area contributed by atoms with Gasteiger partial charge in [-0.05, 0) is 39.1 Å². The first-order valence-corrected chi connectivity index (χ1v) is 9.24. The van der Waals surface area contributed by atoms with Crippen LogP contribution >= 0.6 is 0 Å². The number of amides is 1. The van der Waals surface area contributed by atoms with Crippen molar-refractivity contribution in [2.75, 3.05) is 18.9 Å².